The van der Waals surface area contributed by atoms with Crippen molar-refractivity contribution in [3.05, 3.63) is 81.8 Å². The van der Waals surface area contributed by atoms with Gasteiger partial charge in [-0.05, 0) is 63.2 Å². The summed E-state index contributed by atoms with van der Waals surface area (Å²) in [5.74, 6) is -1.46. The van der Waals surface area contributed by atoms with Crippen LogP contribution in [-0.2, 0) is 10.9 Å². The zero-order valence-electron chi connectivity index (χ0n) is 22.7. The van der Waals surface area contributed by atoms with Crippen LogP contribution in [0.2, 0.25) is 0 Å². The highest BCUT2D eigenvalue weighted by atomic mass is 19.4. The molecule has 4 rings (SSSR count). The topological polar surface area (TPSA) is 94.7 Å². The lowest BCUT2D eigenvalue weighted by molar-refractivity contribution is -0.138. The number of hydrogen-bond acceptors (Lipinski definition) is 6. The van der Waals surface area contributed by atoms with Gasteiger partial charge < -0.3 is 24.8 Å². The van der Waals surface area contributed by atoms with Crippen LogP contribution in [0.1, 0.15) is 47.1 Å². The molecule has 1 aromatic heterocycles. The maximum Gasteiger partial charge on any atom is 0.417 e. The van der Waals surface area contributed by atoms with Gasteiger partial charge in [0.25, 0.3) is 5.91 Å². The second-order valence-electron chi connectivity index (χ2n) is 10.7. The summed E-state index contributed by atoms with van der Waals surface area (Å²) >= 11 is 0. The van der Waals surface area contributed by atoms with E-state index in [-0.39, 0.29) is 0 Å². The number of aromatic amines is 1. The quantitative estimate of drug-likeness (QED) is 0.429. The Balaban J connectivity index is 1.69. The minimum atomic E-state index is -4.89. The number of pyridine rings is 1. The normalized spacial score (nSPS) is 14.6. The number of H-pyrrole nitrogens is 1. The Labute approximate surface area is 229 Å². The number of alkyl halides is 3. The number of amides is 1. The lowest BCUT2D eigenvalue weighted by Gasteiger charge is -2.35. The maximum atomic E-state index is 13.6. The van der Waals surface area contributed by atoms with Gasteiger partial charge in [-0.2, -0.15) is 13.2 Å². The molecule has 1 aliphatic rings. The summed E-state index contributed by atoms with van der Waals surface area (Å²) < 4.78 is 46.3. The van der Waals surface area contributed by atoms with Crippen molar-refractivity contribution in [3.8, 4) is 11.1 Å². The number of halogens is 3. The number of anilines is 2. The van der Waals surface area contributed by atoms with Gasteiger partial charge in [0.1, 0.15) is 5.60 Å². The number of carbonyl (C=O) groups excluding carboxylic acids is 2. The predicted molar refractivity (Wildman–Crippen MR) is 147 cm³/mol. The lowest BCUT2D eigenvalue weighted by atomic mass is 10.0. The molecule has 0 radical (unpaired) electrons. The number of benzene rings is 2. The van der Waals surface area contributed by atoms with Crippen LogP contribution >= 0.6 is 0 Å². The molecule has 0 bridgehead atoms. The van der Waals surface area contributed by atoms with Crippen molar-refractivity contribution in [2.75, 3.05) is 43.4 Å². The number of likely N-dealkylation sites (N-methyl/N-ethyl adjacent to an activating group) is 1. The first-order chi connectivity index (χ1) is 18.7. The number of esters is 1. The zero-order valence-corrected chi connectivity index (χ0v) is 22.7. The highest BCUT2D eigenvalue weighted by Gasteiger charge is 2.36. The van der Waals surface area contributed by atoms with Crippen molar-refractivity contribution in [1.29, 1.82) is 0 Å². The first-order valence-electron chi connectivity index (χ1n) is 12.7. The van der Waals surface area contributed by atoms with Gasteiger partial charge in [-0.1, -0.05) is 18.2 Å². The first-order valence-corrected chi connectivity index (χ1v) is 12.7. The van der Waals surface area contributed by atoms with E-state index in [0.29, 0.717) is 41.7 Å². The average molecular weight is 557 g/mol. The molecular formula is C29H31F3N4O4. The predicted octanol–water partition coefficient (Wildman–Crippen LogP) is 5.02. The minimum absolute atomic E-state index is 0.322. The number of rotatable bonds is 5. The molecule has 2 heterocycles. The smallest absolute Gasteiger partial charge is 0.417 e. The van der Waals surface area contributed by atoms with Gasteiger partial charge in [-0.15, -0.1) is 0 Å². The number of hydrogen-bond donors (Lipinski definition) is 2. The number of nitrogens with zero attached hydrogens (tertiary/aromatic N) is 2. The Hall–Kier alpha value is -4.12. The van der Waals surface area contributed by atoms with Crippen LogP contribution in [0.25, 0.3) is 11.1 Å². The molecule has 212 valence electrons. The number of ether oxygens (including phenoxy) is 1. The van der Waals surface area contributed by atoms with E-state index >= 15 is 0 Å². The maximum absolute atomic E-state index is 13.6. The molecular weight excluding hydrogens is 525 g/mol. The summed E-state index contributed by atoms with van der Waals surface area (Å²) in [6.45, 7) is 8.22. The van der Waals surface area contributed by atoms with E-state index < -0.39 is 40.3 Å². The van der Waals surface area contributed by atoms with E-state index in [9.17, 15) is 27.6 Å². The molecule has 11 heteroatoms. The fourth-order valence-corrected chi connectivity index (χ4v) is 4.36. The van der Waals surface area contributed by atoms with Crippen LogP contribution in [0.15, 0.2) is 59.5 Å². The molecule has 1 amide bonds. The fourth-order valence-electron chi connectivity index (χ4n) is 4.36. The minimum Gasteiger partial charge on any atom is -0.456 e. The molecule has 40 heavy (non-hydrogen) atoms. The highest BCUT2D eigenvalue weighted by molar-refractivity contribution is 6.07. The van der Waals surface area contributed by atoms with Crippen molar-refractivity contribution in [2.45, 2.75) is 32.5 Å². The third-order valence-corrected chi connectivity index (χ3v) is 6.42. The molecule has 0 atom stereocenters. The third kappa shape index (κ3) is 6.90. The first kappa shape index (κ1) is 28.9. The summed E-state index contributed by atoms with van der Waals surface area (Å²) in [5, 5.41) is 2.64. The van der Waals surface area contributed by atoms with Gasteiger partial charge in [-0.3, -0.25) is 9.59 Å². The Kier molecular flexibility index (Phi) is 8.06. The van der Waals surface area contributed by atoms with Crippen molar-refractivity contribution in [1.82, 2.24) is 9.88 Å². The largest absolute Gasteiger partial charge is 0.456 e. The van der Waals surface area contributed by atoms with Gasteiger partial charge in [0.2, 0.25) is 5.56 Å². The number of carbonyl (C=O) groups is 2. The molecule has 1 fully saturated rings. The molecule has 3 aromatic rings. The van der Waals surface area contributed by atoms with Crippen molar-refractivity contribution >= 4 is 23.3 Å². The van der Waals surface area contributed by atoms with Gasteiger partial charge in [0.15, 0.2) is 0 Å². The number of aromatic nitrogens is 1. The summed E-state index contributed by atoms with van der Waals surface area (Å²) in [5.41, 5.74) is -0.838. The van der Waals surface area contributed by atoms with Crippen molar-refractivity contribution in [2.24, 2.45) is 0 Å². The lowest BCUT2D eigenvalue weighted by Crippen LogP contribution is -2.44. The van der Waals surface area contributed by atoms with E-state index in [0.717, 1.165) is 24.8 Å². The van der Waals surface area contributed by atoms with Crippen LogP contribution in [-0.4, -0.2) is 60.6 Å². The van der Waals surface area contributed by atoms with Crippen molar-refractivity contribution < 1.29 is 27.5 Å². The Bertz CT molecular complexity index is 1450. The Morgan fingerprint density at radius 2 is 1.55 bits per heavy atom. The fraction of sp³-hybridized carbons (Fsp3) is 0.345. The summed E-state index contributed by atoms with van der Waals surface area (Å²) in [4.78, 5) is 43.5. The average Bonchev–Trinajstić information content (AvgIpc) is 2.88. The molecule has 1 saturated heterocycles. The van der Waals surface area contributed by atoms with E-state index in [2.05, 4.69) is 20.1 Å². The molecule has 0 aliphatic carbocycles. The van der Waals surface area contributed by atoms with Gasteiger partial charge in [-0.25, -0.2) is 4.79 Å². The highest BCUT2D eigenvalue weighted by Crippen LogP contribution is 2.35. The van der Waals surface area contributed by atoms with Gasteiger partial charge >= 0.3 is 12.1 Å². The van der Waals surface area contributed by atoms with Gasteiger partial charge in [0.05, 0.1) is 28.1 Å². The van der Waals surface area contributed by atoms with E-state index in [4.69, 9.17) is 4.74 Å². The zero-order chi connectivity index (χ0) is 29.2. The van der Waals surface area contributed by atoms with Crippen LogP contribution in [0.5, 0.6) is 0 Å². The second kappa shape index (κ2) is 11.2. The van der Waals surface area contributed by atoms with E-state index in [1.165, 1.54) is 0 Å². The summed E-state index contributed by atoms with van der Waals surface area (Å²) in [6.07, 6.45) is -4.12. The van der Waals surface area contributed by atoms with Crippen LogP contribution in [0.3, 0.4) is 0 Å². The summed E-state index contributed by atoms with van der Waals surface area (Å²) in [7, 11) is 2.00. The van der Waals surface area contributed by atoms with E-state index in [1.807, 2.05) is 19.2 Å². The molecule has 2 N–H and O–H groups in total. The molecule has 8 nitrogen and oxygen atoms in total. The molecule has 0 spiro atoms. The van der Waals surface area contributed by atoms with Crippen LogP contribution < -0.4 is 15.8 Å². The molecule has 0 unspecified atom stereocenters. The molecule has 1 aliphatic heterocycles. The molecule has 0 saturated carbocycles. The van der Waals surface area contributed by atoms with Crippen LogP contribution in [0, 0.1) is 0 Å². The molecule has 2 aromatic carbocycles. The van der Waals surface area contributed by atoms with Crippen molar-refractivity contribution in [3.63, 3.8) is 0 Å². The SMILES string of the molecule is CN1CCN(c2ccc(-c3ccc(C(=O)OC(C)(C)C)cc3)cc2NC(=O)c2c[nH]c(=O)cc2C(F)(F)F)CC1. The number of piperazine rings is 1. The Morgan fingerprint density at radius 1 is 0.925 bits per heavy atom. The monoisotopic (exact) mass is 556 g/mol. The van der Waals surface area contributed by atoms with E-state index in [1.54, 1.807) is 51.1 Å². The third-order valence-electron chi connectivity index (χ3n) is 6.42. The Morgan fingerprint density at radius 3 is 2.15 bits per heavy atom. The summed E-state index contributed by atoms with van der Waals surface area (Å²) in [6, 6.07) is 12.5. The number of nitrogens with one attached hydrogen (secondary N) is 2. The van der Waals surface area contributed by atoms with Crippen LogP contribution in [0.4, 0.5) is 24.5 Å². The standard InChI is InChI=1S/C29H31F3N4O4/c1-28(2,3)40-27(39)19-7-5-18(6-8-19)20-9-10-24(36-13-11-35(4)12-14-36)23(15-20)34-26(38)21-17-33-25(37)16-22(21)29(30,31)32/h5-10,15-17H,11-14H2,1-4H3,(H,33,37)(H,34,38). The second-order valence-corrected chi connectivity index (χ2v) is 10.7. The van der Waals surface area contributed by atoms with Gasteiger partial charge in [0, 0.05) is 38.4 Å².